The predicted octanol–water partition coefficient (Wildman–Crippen LogP) is 3.97. The van der Waals surface area contributed by atoms with Gasteiger partial charge >= 0.3 is 6.18 Å². The van der Waals surface area contributed by atoms with Crippen LogP contribution in [0.4, 0.5) is 13.2 Å². The van der Waals surface area contributed by atoms with Crippen molar-refractivity contribution < 1.29 is 22.8 Å². The molecule has 0 radical (unpaired) electrons. The van der Waals surface area contributed by atoms with Crippen LogP contribution in [0.5, 0.6) is 0 Å². The Kier molecular flexibility index (Phi) is 5.71. The van der Waals surface area contributed by atoms with E-state index in [1.54, 1.807) is 6.07 Å². The van der Waals surface area contributed by atoms with Crippen molar-refractivity contribution in [2.75, 3.05) is 13.1 Å². The van der Waals surface area contributed by atoms with E-state index >= 15 is 0 Å². The van der Waals surface area contributed by atoms with E-state index in [2.05, 4.69) is 0 Å². The summed E-state index contributed by atoms with van der Waals surface area (Å²) in [5.41, 5.74) is 2.31. The van der Waals surface area contributed by atoms with Crippen LogP contribution in [0.1, 0.15) is 28.9 Å². The summed E-state index contributed by atoms with van der Waals surface area (Å²) >= 11 is 0. The van der Waals surface area contributed by atoms with Crippen molar-refractivity contribution >= 4 is 22.7 Å². The molecule has 1 N–H and O–H groups in total. The highest BCUT2D eigenvalue weighted by Crippen LogP contribution is 2.26. The molecule has 1 atom stereocenters. The van der Waals surface area contributed by atoms with Crippen LogP contribution in [0.2, 0.25) is 0 Å². The van der Waals surface area contributed by atoms with Crippen LogP contribution in [-0.4, -0.2) is 46.6 Å². The van der Waals surface area contributed by atoms with E-state index in [1.807, 2.05) is 64.5 Å². The van der Waals surface area contributed by atoms with Crippen molar-refractivity contribution in [2.24, 2.45) is 0 Å². The fourth-order valence-electron chi connectivity index (χ4n) is 4.06. The minimum Gasteiger partial charge on any atom is -0.345 e. The SMILES string of the molecule is O=C(NCC(F)(F)F)C1CCCN1C(=O)c1cc2ccccc2n1Cc1ccccc1. The van der Waals surface area contributed by atoms with E-state index in [1.165, 1.54) is 4.90 Å². The zero-order valence-electron chi connectivity index (χ0n) is 16.7. The summed E-state index contributed by atoms with van der Waals surface area (Å²) in [6.07, 6.45) is -3.59. The number of nitrogens with zero attached hydrogens (tertiary/aromatic N) is 2. The van der Waals surface area contributed by atoms with Gasteiger partial charge in [-0.3, -0.25) is 9.59 Å². The summed E-state index contributed by atoms with van der Waals surface area (Å²) in [5, 5.41) is 2.81. The van der Waals surface area contributed by atoms with Gasteiger partial charge in [0.15, 0.2) is 0 Å². The van der Waals surface area contributed by atoms with Gasteiger partial charge in [0.25, 0.3) is 5.91 Å². The fourth-order valence-corrected chi connectivity index (χ4v) is 4.06. The number of carbonyl (C=O) groups is 2. The summed E-state index contributed by atoms with van der Waals surface area (Å²) in [6.45, 7) is -0.608. The lowest BCUT2D eigenvalue weighted by Gasteiger charge is -2.25. The number of benzene rings is 2. The first kappa shape index (κ1) is 21.0. The van der Waals surface area contributed by atoms with E-state index in [4.69, 9.17) is 0 Å². The zero-order valence-corrected chi connectivity index (χ0v) is 16.7. The first-order valence-electron chi connectivity index (χ1n) is 10.1. The summed E-state index contributed by atoms with van der Waals surface area (Å²) < 4.78 is 39.4. The highest BCUT2D eigenvalue weighted by atomic mass is 19.4. The van der Waals surface area contributed by atoms with E-state index in [0.29, 0.717) is 31.6 Å². The van der Waals surface area contributed by atoms with E-state index in [-0.39, 0.29) is 5.91 Å². The number of carbonyl (C=O) groups excluding carboxylic acids is 2. The first-order chi connectivity index (χ1) is 14.8. The number of alkyl halides is 3. The normalized spacial score (nSPS) is 16.6. The average Bonchev–Trinajstić information content (AvgIpc) is 3.37. The Bertz CT molecular complexity index is 1090. The molecule has 4 rings (SSSR count). The van der Waals surface area contributed by atoms with Gasteiger partial charge in [0, 0.05) is 24.0 Å². The van der Waals surface area contributed by atoms with E-state index < -0.39 is 24.7 Å². The van der Waals surface area contributed by atoms with Crippen LogP contribution < -0.4 is 5.32 Å². The van der Waals surface area contributed by atoms with Crippen LogP contribution in [0, 0.1) is 0 Å². The molecule has 1 aliphatic heterocycles. The molecule has 1 aromatic heterocycles. The zero-order chi connectivity index (χ0) is 22.0. The van der Waals surface area contributed by atoms with Crippen LogP contribution in [0.25, 0.3) is 10.9 Å². The number of likely N-dealkylation sites (tertiary alicyclic amines) is 1. The van der Waals surface area contributed by atoms with Crippen molar-refractivity contribution in [2.45, 2.75) is 31.6 Å². The molecule has 2 amide bonds. The fraction of sp³-hybridized carbons (Fsp3) is 0.304. The lowest BCUT2D eigenvalue weighted by atomic mass is 10.2. The molecule has 1 unspecified atom stereocenters. The molecule has 0 aliphatic carbocycles. The number of para-hydroxylation sites is 1. The molecule has 31 heavy (non-hydrogen) atoms. The molecular weight excluding hydrogens is 407 g/mol. The van der Waals surface area contributed by atoms with Crippen LogP contribution >= 0.6 is 0 Å². The summed E-state index contributed by atoms with van der Waals surface area (Å²) in [5.74, 6) is -1.12. The molecule has 0 saturated carbocycles. The Hall–Kier alpha value is -3.29. The third kappa shape index (κ3) is 4.57. The minimum absolute atomic E-state index is 0.329. The Balaban J connectivity index is 1.64. The standard InChI is InChI=1S/C23H22F3N3O2/c24-23(25,26)15-27-21(30)19-11-6-12-28(19)22(31)20-13-17-9-4-5-10-18(17)29(20)14-16-7-2-1-3-8-16/h1-5,7-10,13,19H,6,11-12,14-15H2,(H,27,30). The lowest BCUT2D eigenvalue weighted by molar-refractivity contribution is -0.140. The second-order valence-corrected chi connectivity index (χ2v) is 7.65. The molecular formula is C23H22F3N3O2. The third-order valence-electron chi connectivity index (χ3n) is 5.49. The van der Waals surface area contributed by atoms with Crippen molar-refractivity contribution in [3.63, 3.8) is 0 Å². The maximum Gasteiger partial charge on any atom is 0.405 e. The minimum atomic E-state index is -4.49. The topological polar surface area (TPSA) is 54.3 Å². The Morgan fingerprint density at radius 3 is 2.48 bits per heavy atom. The van der Waals surface area contributed by atoms with Crippen molar-refractivity contribution in [3.8, 4) is 0 Å². The Morgan fingerprint density at radius 2 is 1.74 bits per heavy atom. The second-order valence-electron chi connectivity index (χ2n) is 7.65. The molecule has 1 fully saturated rings. The molecule has 5 nitrogen and oxygen atoms in total. The third-order valence-corrected chi connectivity index (χ3v) is 5.49. The van der Waals surface area contributed by atoms with Crippen molar-refractivity contribution in [1.82, 2.24) is 14.8 Å². The second kappa shape index (κ2) is 8.45. The number of rotatable bonds is 5. The number of aromatic nitrogens is 1. The molecule has 0 spiro atoms. The highest BCUT2D eigenvalue weighted by molar-refractivity contribution is 6.01. The smallest absolute Gasteiger partial charge is 0.345 e. The van der Waals surface area contributed by atoms with Gasteiger partial charge in [-0.2, -0.15) is 13.2 Å². The number of hydrogen-bond acceptors (Lipinski definition) is 2. The van der Waals surface area contributed by atoms with Crippen molar-refractivity contribution in [1.29, 1.82) is 0 Å². The summed E-state index contributed by atoms with van der Waals surface area (Å²) in [6, 6.07) is 18.2. The number of hydrogen-bond donors (Lipinski definition) is 1. The van der Waals surface area contributed by atoms with Gasteiger partial charge in [0.2, 0.25) is 5.91 Å². The van der Waals surface area contributed by atoms with Crippen LogP contribution in [-0.2, 0) is 11.3 Å². The first-order valence-corrected chi connectivity index (χ1v) is 10.1. The van der Waals surface area contributed by atoms with Gasteiger partial charge in [0.05, 0.1) is 0 Å². The lowest BCUT2D eigenvalue weighted by Crippen LogP contribution is -2.48. The average molecular weight is 429 g/mol. The van der Waals surface area contributed by atoms with Gasteiger partial charge in [-0.05, 0) is 30.5 Å². The number of halogens is 3. The van der Waals surface area contributed by atoms with Gasteiger partial charge in [-0.15, -0.1) is 0 Å². The Labute approximate surface area is 177 Å². The Morgan fingerprint density at radius 1 is 1.03 bits per heavy atom. The molecule has 0 bridgehead atoms. The van der Waals surface area contributed by atoms with Gasteiger partial charge in [0.1, 0.15) is 18.3 Å². The number of nitrogens with one attached hydrogen (secondary N) is 1. The molecule has 1 aliphatic rings. The van der Waals surface area contributed by atoms with E-state index in [9.17, 15) is 22.8 Å². The van der Waals surface area contributed by atoms with Gasteiger partial charge in [-0.25, -0.2) is 0 Å². The maximum absolute atomic E-state index is 13.4. The quantitative estimate of drug-likeness (QED) is 0.667. The van der Waals surface area contributed by atoms with Crippen molar-refractivity contribution in [3.05, 3.63) is 71.9 Å². The molecule has 1 saturated heterocycles. The van der Waals surface area contributed by atoms with Gasteiger partial charge < -0.3 is 14.8 Å². The largest absolute Gasteiger partial charge is 0.405 e. The molecule has 2 aromatic carbocycles. The summed E-state index contributed by atoms with van der Waals surface area (Å²) in [4.78, 5) is 27.2. The predicted molar refractivity (Wildman–Crippen MR) is 111 cm³/mol. The number of fused-ring (bicyclic) bond motifs is 1. The monoisotopic (exact) mass is 429 g/mol. The van der Waals surface area contributed by atoms with Crippen LogP contribution in [0.15, 0.2) is 60.7 Å². The molecule has 8 heteroatoms. The van der Waals surface area contributed by atoms with E-state index in [0.717, 1.165) is 16.5 Å². The maximum atomic E-state index is 13.4. The van der Waals surface area contributed by atoms with Crippen LogP contribution in [0.3, 0.4) is 0 Å². The molecule has 162 valence electrons. The highest BCUT2D eigenvalue weighted by Gasteiger charge is 2.37. The number of amides is 2. The summed E-state index contributed by atoms with van der Waals surface area (Å²) in [7, 11) is 0. The molecule has 2 heterocycles. The molecule has 3 aromatic rings. The van der Waals surface area contributed by atoms with Gasteiger partial charge in [-0.1, -0.05) is 48.5 Å².